The second-order valence-electron chi connectivity index (χ2n) is 7.77. The van der Waals surface area contributed by atoms with Crippen molar-refractivity contribution in [1.82, 2.24) is 9.88 Å². The molecule has 0 spiro atoms. The molecule has 146 valence electrons. The van der Waals surface area contributed by atoms with Crippen LogP contribution in [0.4, 0.5) is 21.0 Å². The maximum atomic E-state index is 12.5. The van der Waals surface area contributed by atoms with Gasteiger partial charge in [-0.2, -0.15) is 0 Å². The average Bonchev–Trinajstić information content (AvgIpc) is 2.90. The van der Waals surface area contributed by atoms with E-state index in [2.05, 4.69) is 4.98 Å². The summed E-state index contributed by atoms with van der Waals surface area (Å²) in [6.07, 6.45) is 0.646. The second kappa shape index (κ2) is 6.67. The van der Waals surface area contributed by atoms with Crippen molar-refractivity contribution in [2.24, 2.45) is 5.92 Å². The maximum absolute atomic E-state index is 12.5. The molecule has 3 atom stereocenters. The highest BCUT2D eigenvalue weighted by Gasteiger charge is 2.52. The quantitative estimate of drug-likeness (QED) is 0.569. The Morgan fingerprint density at radius 2 is 2.11 bits per heavy atom. The molecule has 10 nitrogen and oxygen atoms in total. The van der Waals surface area contributed by atoms with Crippen molar-refractivity contribution in [2.45, 2.75) is 45.4 Å². The van der Waals surface area contributed by atoms with Gasteiger partial charge in [0.25, 0.3) is 0 Å². The Hall–Kier alpha value is -2.91. The Morgan fingerprint density at radius 3 is 2.74 bits per heavy atom. The molecule has 2 fully saturated rings. The fourth-order valence-electron chi connectivity index (χ4n) is 3.47. The minimum atomic E-state index is -0.779. The van der Waals surface area contributed by atoms with Gasteiger partial charge in [-0.3, -0.25) is 15.1 Å². The number of aromatic nitrogens is 1. The number of pyridine rings is 1. The Kier molecular flexibility index (Phi) is 4.66. The predicted molar refractivity (Wildman–Crippen MR) is 94.4 cm³/mol. The topological polar surface area (TPSA) is 115 Å². The van der Waals surface area contributed by atoms with Crippen LogP contribution in [0.1, 0.15) is 27.7 Å². The largest absolute Gasteiger partial charge is 0.443 e. The smallest absolute Gasteiger partial charge is 0.420 e. The Morgan fingerprint density at radius 1 is 1.41 bits per heavy atom. The van der Waals surface area contributed by atoms with Gasteiger partial charge in [-0.05, 0) is 26.8 Å². The van der Waals surface area contributed by atoms with E-state index < -0.39 is 34.9 Å². The van der Waals surface area contributed by atoms with Gasteiger partial charge in [0, 0.05) is 25.2 Å². The summed E-state index contributed by atoms with van der Waals surface area (Å²) in [5.74, 6) is -0.132. The third-order valence-electron chi connectivity index (χ3n) is 4.53. The first-order valence-electron chi connectivity index (χ1n) is 8.64. The summed E-state index contributed by atoms with van der Waals surface area (Å²) in [6, 6.07) is 0.963. The van der Waals surface area contributed by atoms with E-state index in [1.54, 1.807) is 31.7 Å². The molecular weight excluding hydrogens is 356 g/mol. The van der Waals surface area contributed by atoms with E-state index in [1.807, 2.05) is 6.92 Å². The molecular formula is C17H22N4O6. The van der Waals surface area contributed by atoms with Crippen LogP contribution >= 0.6 is 0 Å². The fourth-order valence-corrected chi connectivity index (χ4v) is 3.47. The lowest BCUT2D eigenvalue weighted by Gasteiger charge is -2.39. The van der Waals surface area contributed by atoms with Gasteiger partial charge < -0.3 is 14.4 Å². The average molecular weight is 378 g/mol. The van der Waals surface area contributed by atoms with Crippen molar-refractivity contribution in [3.63, 3.8) is 0 Å². The van der Waals surface area contributed by atoms with Crippen molar-refractivity contribution in [1.29, 1.82) is 0 Å². The Balaban J connectivity index is 1.89. The highest BCUT2D eigenvalue weighted by atomic mass is 16.6. The summed E-state index contributed by atoms with van der Waals surface area (Å²) in [4.78, 5) is 42.2. The Labute approximate surface area is 156 Å². The molecule has 2 amide bonds. The SMILES string of the molecule is CC1CN(c2ccncc2[N+](=O)[O-])CC2C1OC(=O)N2C(=O)OC(C)(C)C. The third-order valence-corrected chi connectivity index (χ3v) is 4.53. The number of nitrogens with zero attached hydrogens (tertiary/aromatic N) is 4. The lowest BCUT2D eigenvalue weighted by molar-refractivity contribution is -0.384. The van der Waals surface area contributed by atoms with Crippen LogP contribution in [-0.4, -0.2) is 57.8 Å². The first kappa shape index (κ1) is 18.9. The zero-order valence-corrected chi connectivity index (χ0v) is 15.6. The molecule has 10 heteroatoms. The number of amides is 2. The molecule has 3 rings (SSSR count). The predicted octanol–water partition coefficient (Wildman–Crippen LogP) is 2.57. The molecule has 2 aliphatic heterocycles. The molecule has 1 aromatic rings. The first-order chi connectivity index (χ1) is 12.6. The van der Waals surface area contributed by atoms with Crippen LogP contribution in [-0.2, 0) is 9.47 Å². The van der Waals surface area contributed by atoms with E-state index in [-0.39, 0.29) is 18.2 Å². The van der Waals surface area contributed by atoms with E-state index in [0.717, 1.165) is 4.90 Å². The van der Waals surface area contributed by atoms with Crippen LogP contribution in [0.2, 0.25) is 0 Å². The molecule has 0 radical (unpaired) electrons. The zero-order valence-electron chi connectivity index (χ0n) is 15.6. The van der Waals surface area contributed by atoms with Crippen molar-refractivity contribution < 1.29 is 24.0 Å². The number of hydrogen-bond donors (Lipinski definition) is 0. The van der Waals surface area contributed by atoms with E-state index in [1.165, 1.54) is 12.4 Å². The number of fused-ring (bicyclic) bond motifs is 1. The van der Waals surface area contributed by atoms with Crippen molar-refractivity contribution in [2.75, 3.05) is 18.0 Å². The first-order valence-corrected chi connectivity index (χ1v) is 8.64. The van der Waals surface area contributed by atoms with Crippen LogP contribution in [0.3, 0.4) is 0 Å². The molecule has 2 saturated heterocycles. The van der Waals surface area contributed by atoms with Crippen LogP contribution in [0, 0.1) is 16.0 Å². The molecule has 0 saturated carbocycles. The molecule has 0 N–H and O–H groups in total. The van der Waals surface area contributed by atoms with Crippen LogP contribution < -0.4 is 4.90 Å². The number of imide groups is 1. The van der Waals surface area contributed by atoms with Gasteiger partial charge >= 0.3 is 17.9 Å². The molecule has 0 bridgehead atoms. The van der Waals surface area contributed by atoms with E-state index in [9.17, 15) is 19.7 Å². The van der Waals surface area contributed by atoms with Gasteiger partial charge in [-0.15, -0.1) is 0 Å². The molecule has 1 aromatic heterocycles. The second-order valence-corrected chi connectivity index (χ2v) is 7.77. The molecule has 27 heavy (non-hydrogen) atoms. The highest BCUT2D eigenvalue weighted by Crippen LogP contribution is 2.36. The standard InChI is InChI=1S/C17H22N4O6/c1-10-8-19(11-5-6-18-7-12(11)21(24)25)9-13-14(10)26-15(22)20(13)16(23)27-17(2,3)4/h5-7,10,13-14H,8-9H2,1-4H3. The third kappa shape index (κ3) is 3.64. The van der Waals surface area contributed by atoms with Gasteiger partial charge in [0.05, 0.1) is 4.92 Å². The van der Waals surface area contributed by atoms with Gasteiger partial charge in [0.2, 0.25) is 0 Å². The number of rotatable bonds is 2. The number of anilines is 1. The summed E-state index contributed by atoms with van der Waals surface area (Å²) in [7, 11) is 0. The van der Waals surface area contributed by atoms with Gasteiger partial charge in [-0.1, -0.05) is 6.92 Å². The van der Waals surface area contributed by atoms with E-state index >= 15 is 0 Å². The number of ether oxygens (including phenoxy) is 2. The molecule has 3 heterocycles. The van der Waals surface area contributed by atoms with E-state index in [4.69, 9.17) is 9.47 Å². The number of hydrogen-bond acceptors (Lipinski definition) is 8. The van der Waals surface area contributed by atoms with Crippen LogP contribution in [0.5, 0.6) is 0 Å². The highest BCUT2D eigenvalue weighted by molar-refractivity contribution is 5.90. The summed E-state index contributed by atoms with van der Waals surface area (Å²) < 4.78 is 10.7. The number of nitro groups is 1. The van der Waals surface area contributed by atoms with Gasteiger partial charge in [-0.25, -0.2) is 14.5 Å². The lowest BCUT2D eigenvalue weighted by Crippen LogP contribution is -2.56. The van der Waals surface area contributed by atoms with Gasteiger partial charge in [0.15, 0.2) is 0 Å². The zero-order chi connectivity index (χ0) is 19.9. The van der Waals surface area contributed by atoms with Crippen LogP contribution in [0.15, 0.2) is 18.5 Å². The molecule has 0 aromatic carbocycles. The number of carbonyl (C=O) groups excluding carboxylic acids is 2. The summed E-state index contributed by atoms with van der Waals surface area (Å²) in [6.45, 7) is 7.66. The normalized spacial score (nSPS) is 25.0. The molecule has 2 aliphatic rings. The lowest BCUT2D eigenvalue weighted by atomic mass is 9.92. The van der Waals surface area contributed by atoms with E-state index in [0.29, 0.717) is 12.2 Å². The van der Waals surface area contributed by atoms with Gasteiger partial charge in [0.1, 0.15) is 29.6 Å². The van der Waals surface area contributed by atoms with Crippen molar-refractivity contribution in [3.05, 3.63) is 28.6 Å². The van der Waals surface area contributed by atoms with Crippen molar-refractivity contribution >= 4 is 23.6 Å². The molecule has 3 unspecified atom stereocenters. The Bertz CT molecular complexity index is 777. The monoisotopic (exact) mass is 378 g/mol. The summed E-state index contributed by atoms with van der Waals surface area (Å²) in [5.41, 5.74) is -0.500. The van der Waals surface area contributed by atoms with Crippen molar-refractivity contribution in [3.8, 4) is 0 Å². The summed E-state index contributed by atoms with van der Waals surface area (Å²) >= 11 is 0. The van der Waals surface area contributed by atoms with Crippen LogP contribution in [0.25, 0.3) is 0 Å². The minimum Gasteiger partial charge on any atom is -0.443 e. The number of piperidine rings is 1. The fraction of sp³-hybridized carbons (Fsp3) is 0.588. The summed E-state index contributed by atoms with van der Waals surface area (Å²) in [5, 5.41) is 11.3. The maximum Gasteiger partial charge on any atom is 0.420 e. The minimum absolute atomic E-state index is 0.128. The number of carbonyl (C=O) groups is 2. The molecule has 0 aliphatic carbocycles.